The monoisotopic (exact) mass is 351 g/mol. The van der Waals surface area contributed by atoms with Gasteiger partial charge in [-0.15, -0.1) is 15.3 Å². The Hall–Kier alpha value is -3.50. The molecular weight excluding hydrogens is 338 g/mol. The number of hydrogen-bond donors (Lipinski definition) is 0. The van der Waals surface area contributed by atoms with Crippen molar-refractivity contribution in [3.63, 3.8) is 0 Å². The molecule has 1 aliphatic carbocycles. The number of tetrazole rings is 1. The predicted octanol–water partition coefficient (Wildman–Crippen LogP) is -0.477. The van der Waals surface area contributed by atoms with Gasteiger partial charge in [0.25, 0.3) is 11.1 Å². The van der Waals surface area contributed by atoms with Crippen LogP contribution in [0.1, 0.15) is 18.9 Å². The summed E-state index contributed by atoms with van der Waals surface area (Å²) in [5, 5.41) is 20.2. The Morgan fingerprint density at radius 3 is 2.58 bits per heavy atom. The summed E-state index contributed by atoms with van der Waals surface area (Å²) in [5.74, 6) is 0. The summed E-state index contributed by atoms with van der Waals surface area (Å²) in [7, 11) is 0. The second-order valence-corrected chi connectivity index (χ2v) is 6.23. The van der Waals surface area contributed by atoms with Crippen molar-refractivity contribution in [2.75, 3.05) is 0 Å². The maximum Gasteiger partial charge on any atom is 0.277 e. The highest BCUT2D eigenvalue weighted by molar-refractivity contribution is 5.93. The number of aryl methyl sites for hydroxylation is 2. The van der Waals surface area contributed by atoms with Gasteiger partial charge < -0.3 is 0 Å². The molecule has 3 heterocycles. The molecule has 3 aromatic heterocycles. The van der Waals surface area contributed by atoms with Gasteiger partial charge in [-0.1, -0.05) is 5.21 Å². The van der Waals surface area contributed by atoms with E-state index in [9.17, 15) is 9.59 Å². The average Bonchev–Trinajstić information content (AvgIpc) is 3.36. The number of aromatic nitrogens is 9. The molecule has 0 atom stereocenters. The number of rotatable bonds is 4. The third-order valence-electron chi connectivity index (χ3n) is 4.45. The Labute approximate surface area is 144 Å². The third kappa shape index (κ3) is 2.36. The molecule has 0 aliphatic heterocycles. The first-order valence-electron chi connectivity index (χ1n) is 8.20. The summed E-state index contributed by atoms with van der Waals surface area (Å²) in [5.41, 5.74) is 0.451. The van der Waals surface area contributed by atoms with Crippen molar-refractivity contribution in [1.29, 1.82) is 0 Å². The van der Waals surface area contributed by atoms with Crippen LogP contribution in [0.5, 0.6) is 0 Å². The zero-order valence-electron chi connectivity index (χ0n) is 13.6. The summed E-state index contributed by atoms with van der Waals surface area (Å²) in [6.45, 7) is 0.748. The van der Waals surface area contributed by atoms with Crippen LogP contribution in [0.4, 0.5) is 0 Å². The van der Waals surface area contributed by atoms with Gasteiger partial charge >= 0.3 is 0 Å². The molecule has 0 N–H and O–H groups in total. The van der Waals surface area contributed by atoms with Gasteiger partial charge in [0.15, 0.2) is 6.33 Å². The largest absolute Gasteiger partial charge is 0.297 e. The highest BCUT2D eigenvalue weighted by atomic mass is 16.1. The molecule has 0 saturated heterocycles. The molecule has 1 fully saturated rings. The summed E-state index contributed by atoms with van der Waals surface area (Å²) in [4.78, 5) is 31.0. The molecule has 0 bridgehead atoms. The molecule has 0 amide bonds. The van der Waals surface area contributed by atoms with Gasteiger partial charge in [0.1, 0.15) is 5.52 Å². The minimum Gasteiger partial charge on any atom is -0.297 e. The quantitative estimate of drug-likeness (QED) is 0.451. The van der Waals surface area contributed by atoms with Gasteiger partial charge in [-0.3, -0.25) is 14.2 Å². The number of nitrogens with zero attached hydrogens (tertiary/aromatic N) is 9. The third-order valence-corrected chi connectivity index (χ3v) is 4.45. The SMILES string of the molecule is O=c1c2cc3nnn(C4CC4)c(=O)c3cc2ncn1CCn1ncnn1. The maximum absolute atomic E-state index is 12.7. The average molecular weight is 351 g/mol. The van der Waals surface area contributed by atoms with Crippen molar-refractivity contribution < 1.29 is 0 Å². The first kappa shape index (κ1) is 14.8. The normalized spacial score (nSPS) is 14.3. The summed E-state index contributed by atoms with van der Waals surface area (Å²) in [6.07, 6.45) is 4.68. The van der Waals surface area contributed by atoms with E-state index in [4.69, 9.17) is 0 Å². The van der Waals surface area contributed by atoms with Crippen molar-refractivity contribution in [3.8, 4) is 0 Å². The van der Waals surface area contributed by atoms with Crippen molar-refractivity contribution in [2.24, 2.45) is 0 Å². The first-order chi connectivity index (χ1) is 12.7. The van der Waals surface area contributed by atoms with E-state index in [0.717, 1.165) is 12.8 Å². The van der Waals surface area contributed by atoms with E-state index in [1.165, 1.54) is 26.7 Å². The molecule has 5 rings (SSSR count). The Balaban J connectivity index is 1.60. The second-order valence-electron chi connectivity index (χ2n) is 6.23. The van der Waals surface area contributed by atoms with E-state index in [-0.39, 0.29) is 17.2 Å². The lowest BCUT2D eigenvalue weighted by molar-refractivity contribution is 0.464. The molecule has 130 valence electrons. The molecule has 0 unspecified atom stereocenters. The Morgan fingerprint density at radius 1 is 1.00 bits per heavy atom. The highest BCUT2D eigenvalue weighted by Gasteiger charge is 2.27. The van der Waals surface area contributed by atoms with Crippen LogP contribution in [-0.4, -0.2) is 44.8 Å². The zero-order chi connectivity index (χ0) is 17.7. The standard InChI is InChI=1S/C15H13N9O2/c25-14-10-6-13-11(15(26)24(21-19-13)9-1-2-9)5-12(10)16-8-22(14)3-4-23-18-7-17-20-23/h5-9H,1-4H2. The molecule has 1 saturated carbocycles. The number of hydrogen-bond acceptors (Lipinski definition) is 8. The van der Waals surface area contributed by atoms with Crippen LogP contribution in [0.2, 0.25) is 0 Å². The van der Waals surface area contributed by atoms with E-state index in [1.54, 1.807) is 12.1 Å². The predicted molar refractivity (Wildman–Crippen MR) is 89.4 cm³/mol. The van der Waals surface area contributed by atoms with E-state index < -0.39 is 0 Å². The summed E-state index contributed by atoms with van der Waals surface area (Å²) in [6, 6.07) is 3.34. The molecular formula is C15H13N9O2. The summed E-state index contributed by atoms with van der Waals surface area (Å²) < 4.78 is 2.89. The molecule has 0 spiro atoms. The van der Waals surface area contributed by atoms with Crippen molar-refractivity contribution in [1.82, 2.24) is 44.8 Å². The lowest BCUT2D eigenvalue weighted by Gasteiger charge is -2.07. The molecule has 1 aliphatic rings. The first-order valence-corrected chi connectivity index (χ1v) is 8.20. The lowest BCUT2D eigenvalue weighted by atomic mass is 10.2. The fourth-order valence-electron chi connectivity index (χ4n) is 2.91. The van der Waals surface area contributed by atoms with Gasteiger partial charge in [-0.2, -0.15) is 4.80 Å². The number of fused-ring (bicyclic) bond motifs is 2. The van der Waals surface area contributed by atoms with Crippen LogP contribution in [0.15, 0.2) is 34.4 Å². The number of benzene rings is 1. The van der Waals surface area contributed by atoms with Gasteiger partial charge in [-0.05, 0) is 30.2 Å². The van der Waals surface area contributed by atoms with Crippen LogP contribution in [-0.2, 0) is 13.1 Å². The van der Waals surface area contributed by atoms with E-state index in [0.29, 0.717) is 34.9 Å². The second kappa shape index (κ2) is 5.51. The van der Waals surface area contributed by atoms with Crippen molar-refractivity contribution >= 4 is 21.8 Å². The van der Waals surface area contributed by atoms with Crippen molar-refractivity contribution in [2.45, 2.75) is 32.0 Å². The molecule has 0 radical (unpaired) electrons. The van der Waals surface area contributed by atoms with Crippen LogP contribution in [0.25, 0.3) is 21.8 Å². The highest BCUT2D eigenvalue weighted by Crippen LogP contribution is 2.32. The van der Waals surface area contributed by atoms with Gasteiger partial charge in [0, 0.05) is 6.54 Å². The minimum absolute atomic E-state index is 0.140. The van der Waals surface area contributed by atoms with E-state index in [1.807, 2.05) is 0 Å². The van der Waals surface area contributed by atoms with Crippen LogP contribution >= 0.6 is 0 Å². The fraction of sp³-hybridized carbons (Fsp3) is 0.333. The molecule has 26 heavy (non-hydrogen) atoms. The molecule has 11 heteroatoms. The van der Waals surface area contributed by atoms with E-state index >= 15 is 0 Å². The van der Waals surface area contributed by atoms with Gasteiger partial charge in [0.05, 0.1) is 35.2 Å². The Kier molecular flexibility index (Phi) is 3.14. The lowest BCUT2D eigenvalue weighted by Crippen LogP contribution is -2.25. The van der Waals surface area contributed by atoms with Gasteiger partial charge in [0.2, 0.25) is 0 Å². The van der Waals surface area contributed by atoms with Crippen LogP contribution in [0, 0.1) is 0 Å². The topological polar surface area (TPSA) is 126 Å². The van der Waals surface area contributed by atoms with Crippen LogP contribution < -0.4 is 11.1 Å². The van der Waals surface area contributed by atoms with Gasteiger partial charge in [-0.25, -0.2) is 9.67 Å². The fourth-order valence-corrected chi connectivity index (χ4v) is 2.91. The van der Waals surface area contributed by atoms with Crippen molar-refractivity contribution in [3.05, 3.63) is 45.5 Å². The minimum atomic E-state index is -0.217. The Morgan fingerprint density at radius 2 is 1.81 bits per heavy atom. The maximum atomic E-state index is 12.7. The molecule has 1 aromatic carbocycles. The smallest absolute Gasteiger partial charge is 0.277 e. The van der Waals surface area contributed by atoms with Crippen LogP contribution in [0.3, 0.4) is 0 Å². The zero-order valence-corrected chi connectivity index (χ0v) is 13.6. The molecule has 11 nitrogen and oxygen atoms in total. The van der Waals surface area contributed by atoms with E-state index in [2.05, 4.69) is 30.7 Å². The molecule has 4 aromatic rings. The summed E-state index contributed by atoms with van der Waals surface area (Å²) >= 11 is 0. The Bertz CT molecular complexity index is 1240.